The van der Waals surface area contributed by atoms with Gasteiger partial charge in [0.15, 0.2) is 0 Å². The predicted octanol–water partition coefficient (Wildman–Crippen LogP) is 2.75. The zero-order valence-corrected chi connectivity index (χ0v) is 12.3. The van der Waals surface area contributed by atoms with Crippen LogP contribution < -0.4 is 0 Å². The maximum Gasteiger partial charge on any atom is 0.267 e. The molecule has 1 unspecified atom stereocenters. The van der Waals surface area contributed by atoms with Crippen molar-refractivity contribution in [2.75, 3.05) is 19.0 Å². The lowest BCUT2D eigenvalue weighted by molar-refractivity contribution is 0.0688. The summed E-state index contributed by atoms with van der Waals surface area (Å²) in [6.07, 6.45) is 2.15. The van der Waals surface area contributed by atoms with Gasteiger partial charge in [0.1, 0.15) is 4.88 Å². The zero-order valence-electron chi connectivity index (χ0n) is 10.7. The van der Waals surface area contributed by atoms with Gasteiger partial charge in [-0.05, 0) is 36.2 Å². The molecule has 1 fully saturated rings. The number of likely N-dealkylation sites (tertiary alicyclic amines) is 1. The van der Waals surface area contributed by atoms with Crippen LogP contribution in [0.5, 0.6) is 0 Å². The Bertz CT molecular complexity index is 421. The lowest BCUT2D eigenvalue weighted by atomic mass is 9.99. The van der Waals surface area contributed by atoms with E-state index in [1.807, 2.05) is 18.7 Å². The summed E-state index contributed by atoms with van der Waals surface area (Å²) in [4.78, 5) is 15.1. The molecule has 18 heavy (non-hydrogen) atoms. The second-order valence-electron chi connectivity index (χ2n) is 5.06. The average molecular weight is 288 g/mol. The minimum atomic E-state index is 0.0727. The third-order valence-electron chi connectivity index (χ3n) is 3.28. The number of piperidine rings is 1. The van der Waals surface area contributed by atoms with Crippen molar-refractivity contribution in [3.05, 3.63) is 10.6 Å². The van der Waals surface area contributed by atoms with Gasteiger partial charge in [0.2, 0.25) is 0 Å². The van der Waals surface area contributed by atoms with E-state index in [1.54, 1.807) is 0 Å². The first-order valence-corrected chi connectivity index (χ1v) is 7.61. The molecule has 0 radical (unpaired) electrons. The van der Waals surface area contributed by atoms with E-state index < -0.39 is 0 Å². The summed E-state index contributed by atoms with van der Waals surface area (Å²) in [6, 6.07) is 0. The molecule has 2 rings (SSSR count). The predicted molar refractivity (Wildman–Crippen MR) is 73.3 cm³/mol. The minimum absolute atomic E-state index is 0.0727. The molecular weight excluding hydrogens is 270 g/mol. The number of nitrogens with zero attached hydrogens (tertiary/aromatic N) is 3. The summed E-state index contributed by atoms with van der Waals surface area (Å²) in [5.41, 5.74) is 0.818. The van der Waals surface area contributed by atoms with Gasteiger partial charge in [0, 0.05) is 19.0 Å². The number of carbonyl (C=O) groups excluding carboxylic acids is 1. The van der Waals surface area contributed by atoms with E-state index in [9.17, 15) is 4.79 Å². The number of hydrogen-bond donors (Lipinski definition) is 0. The number of alkyl halides is 1. The van der Waals surface area contributed by atoms with Crippen LogP contribution in [0.15, 0.2) is 0 Å². The Hall–Kier alpha value is -0.680. The second-order valence-corrected chi connectivity index (χ2v) is 6.12. The lowest BCUT2D eigenvalue weighted by Gasteiger charge is -2.31. The largest absolute Gasteiger partial charge is 0.338 e. The van der Waals surface area contributed by atoms with Crippen LogP contribution in [0.2, 0.25) is 0 Å². The van der Waals surface area contributed by atoms with Gasteiger partial charge >= 0.3 is 0 Å². The maximum absolute atomic E-state index is 12.5. The van der Waals surface area contributed by atoms with Crippen molar-refractivity contribution < 1.29 is 4.79 Å². The third kappa shape index (κ3) is 2.83. The highest BCUT2D eigenvalue weighted by Crippen LogP contribution is 2.24. The van der Waals surface area contributed by atoms with Crippen molar-refractivity contribution in [2.24, 2.45) is 5.92 Å². The van der Waals surface area contributed by atoms with Crippen LogP contribution in [-0.2, 0) is 0 Å². The fourth-order valence-electron chi connectivity index (χ4n) is 2.24. The molecule has 2 heterocycles. The van der Waals surface area contributed by atoms with Gasteiger partial charge in [0.25, 0.3) is 5.91 Å². The van der Waals surface area contributed by atoms with Gasteiger partial charge in [-0.3, -0.25) is 4.79 Å². The summed E-state index contributed by atoms with van der Waals surface area (Å²) < 4.78 is 3.92. The fourth-order valence-corrected chi connectivity index (χ4v) is 3.28. The summed E-state index contributed by atoms with van der Waals surface area (Å²) >= 11 is 7.10. The number of aromatic nitrogens is 2. The Morgan fingerprint density at radius 2 is 2.39 bits per heavy atom. The van der Waals surface area contributed by atoms with E-state index in [0.717, 1.165) is 31.6 Å². The van der Waals surface area contributed by atoms with Gasteiger partial charge < -0.3 is 4.90 Å². The Labute approximate surface area is 116 Å². The van der Waals surface area contributed by atoms with Crippen LogP contribution in [0.25, 0.3) is 0 Å². The summed E-state index contributed by atoms with van der Waals surface area (Å²) in [6.45, 7) is 5.65. The maximum atomic E-state index is 12.5. The molecule has 1 atom stereocenters. The lowest BCUT2D eigenvalue weighted by Crippen LogP contribution is -2.40. The molecule has 0 aromatic carbocycles. The molecule has 0 spiro atoms. The number of carbonyl (C=O) groups is 1. The standard InChI is InChI=1S/C12H18ClN3OS/c1-8(2)10-11(18-15-14-10)12(17)16-5-3-4-9(6-13)7-16/h8-9H,3-7H2,1-2H3. The van der Waals surface area contributed by atoms with Gasteiger partial charge in [-0.2, -0.15) is 0 Å². The molecule has 0 aliphatic carbocycles. The number of hydrogen-bond acceptors (Lipinski definition) is 4. The molecule has 4 nitrogen and oxygen atoms in total. The van der Waals surface area contributed by atoms with Crippen LogP contribution in [0.3, 0.4) is 0 Å². The molecule has 1 aromatic rings. The van der Waals surface area contributed by atoms with Crippen molar-refractivity contribution in [3.63, 3.8) is 0 Å². The molecule has 1 saturated heterocycles. The van der Waals surface area contributed by atoms with E-state index in [4.69, 9.17) is 11.6 Å². The summed E-state index contributed by atoms with van der Waals surface area (Å²) in [5.74, 6) is 1.36. The van der Waals surface area contributed by atoms with Crippen molar-refractivity contribution in [3.8, 4) is 0 Å². The van der Waals surface area contributed by atoms with Crippen LogP contribution in [0.1, 0.15) is 48.0 Å². The minimum Gasteiger partial charge on any atom is -0.338 e. The van der Waals surface area contributed by atoms with Gasteiger partial charge in [0.05, 0.1) is 5.69 Å². The molecule has 1 amide bonds. The zero-order chi connectivity index (χ0) is 13.1. The highest BCUT2D eigenvalue weighted by molar-refractivity contribution is 7.08. The van der Waals surface area contributed by atoms with Gasteiger partial charge in [-0.1, -0.05) is 18.3 Å². The highest BCUT2D eigenvalue weighted by atomic mass is 35.5. The molecule has 0 saturated carbocycles. The van der Waals surface area contributed by atoms with Crippen LogP contribution >= 0.6 is 23.1 Å². The smallest absolute Gasteiger partial charge is 0.267 e. The molecule has 1 aromatic heterocycles. The van der Waals surface area contributed by atoms with E-state index in [0.29, 0.717) is 16.7 Å². The SMILES string of the molecule is CC(C)c1nnsc1C(=O)N1CCCC(CCl)C1. The average Bonchev–Trinajstić information content (AvgIpc) is 2.87. The quantitative estimate of drug-likeness (QED) is 0.803. The first kappa shape index (κ1) is 13.7. The first-order valence-electron chi connectivity index (χ1n) is 6.31. The van der Waals surface area contributed by atoms with Crippen molar-refractivity contribution >= 4 is 29.0 Å². The monoisotopic (exact) mass is 287 g/mol. The molecular formula is C12H18ClN3OS. The van der Waals surface area contributed by atoms with Gasteiger partial charge in [-0.15, -0.1) is 16.7 Å². The second kappa shape index (κ2) is 5.97. The molecule has 100 valence electrons. The number of rotatable bonds is 3. The fraction of sp³-hybridized carbons (Fsp3) is 0.750. The van der Waals surface area contributed by atoms with Gasteiger partial charge in [-0.25, -0.2) is 0 Å². The molecule has 0 N–H and O–H groups in total. The molecule has 6 heteroatoms. The van der Waals surface area contributed by atoms with Crippen LogP contribution in [0.4, 0.5) is 0 Å². The van der Waals surface area contributed by atoms with E-state index >= 15 is 0 Å². The molecule has 1 aliphatic rings. The van der Waals surface area contributed by atoms with E-state index in [-0.39, 0.29) is 11.8 Å². The Morgan fingerprint density at radius 1 is 1.61 bits per heavy atom. The van der Waals surface area contributed by atoms with Crippen molar-refractivity contribution in [2.45, 2.75) is 32.6 Å². The topological polar surface area (TPSA) is 46.1 Å². The highest BCUT2D eigenvalue weighted by Gasteiger charge is 2.27. The first-order chi connectivity index (χ1) is 8.63. The van der Waals surface area contributed by atoms with E-state index in [2.05, 4.69) is 9.59 Å². The summed E-state index contributed by atoms with van der Waals surface area (Å²) in [7, 11) is 0. The summed E-state index contributed by atoms with van der Waals surface area (Å²) in [5, 5.41) is 4.07. The number of amides is 1. The normalized spacial score (nSPS) is 20.4. The Morgan fingerprint density at radius 3 is 3.06 bits per heavy atom. The molecule has 0 bridgehead atoms. The Kier molecular flexibility index (Phi) is 4.56. The molecule has 1 aliphatic heterocycles. The van der Waals surface area contributed by atoms with Crippen LogP contribution in [-0.4, -0.2) is 39.4 Å². The third-order valence-corrected chi connectivity index (χ3v) is 4.44. The van der Waals surface area contributed by atoms with Crippen LogP contribution in [0, 0.1) is 5.92 Å². The van der Waals surface area contributed by atoms with E-state index in [1.165, 1.54) is 11.5 Å². The number of halogens is 1. The van der Waals surface area contributed by atoms with Crippen molar-refractivity contribution in [1.29, 1.82) is 0 Å². The Balaban J connectivity index is 2.13. The van der Waals surface area contributed by atoms with Crippen molar-refractivity contribution in [1.82, 2.24) is 14.5 Å².